The third kappa shape index (κ3) is 2.94. The Morgan fingerprint density at radius 3 is 2.70 bits per heavy atom. The maximum absolute atomic E-state index is 5.37. The van der Waals surface area contributed by atoms with Crippen molar-refractivity contribution in [2.75, 3.05) is 5.32 Å². The summed E-state index contributed by atoms with van der Waals surface area (Å²) in [5.41, 5.74) is 3.63. The van der Waals surface area contributed by atoms with Crippen molar-refractivity contribution in [3.05, 3.63) is 23.3 Å². The molecule has 0 aliphatic heterocycles. The van der Waals surface area contributed by atoms with Gasteiger partial charge < -0.3 is 10.6 Å². The highest BCUT2D eigenvalue weighted by Gasteiger charge is 2.16. The summed E-state index contributed by atoms with van der Waals surface area (Å²) in [5, 5.41) is 8.18. The van der Waals surface area contributed by atoms with Gasteiger partial charge in [-0.1, -0.05) is 24.2 Å². The summed E-state index contributed by atoms with van der Waals surface area (Å²) in [6.45, 7) is 4.25. The minimum absolute atomic E-state index is 0.536. The summed E-state index contributed by atoms with van der Waals surface area (Å²) in [6.07, 6.45) is 5.06. The molecule has 0 saturated heterocycles. The van der Waals surface area contributed by atoms with Gasteiger partial charge in [0.2, 0.25) is 0 Å². The highest BCUT2D eigenvalue weighted by atomic mass is 32.1. The van der Waals surface area contributed by atoms with Crippen LogP contribution in [-0.2, 0) is 0 Å². The van der Waals surface area contributed by atoms with Gasteiger partial charge >= 0.3 is 0 Å². The van der Waals surface area contributed by atoms with Crippen LogP contribution in [0.2, 0.25) is 0 Å². The number of aromatic nitrogens is 1. The van der Waals surface area contributed by atoms with Gasteiger partial charge in [-0.25, -0.2) is 4.98 Å². The van der Waals surface area contributed by atoms with Gasteiger partial charge in [0.1, 0.15) is 0 Å². The van der Waals surface area contributed by atoms with Crippen molar-refractivity contribution in [3.8, 4) is 0 Å². The van der Waals surface area contributed by atoms with Gasteiger partial charge in [0.15, 0.2) is 10.2 Å². The first-order valence-corrected chi connectivity index (χ1v) is 8.29. The first-order valence-electron chi connectivity index (χ1n) is 7.07. The highest BCUT2D eigenvalue weighted by molar-refractivity contribution is 7.80. The fraction of sp³-hybridized carbons (Fsp3) is 0.467. The van der Waals surface area contributed by atoms with Crippen molar-refractivity contribution >= 4 is 44.0 Å². The van der Waals surface area contributed by atoms with Crippen LogP contribution in [0.25, 0.3) is 10.2 Å². The molecule has 0 radical (unpaired) electrons. The zero-order valence-corrected chi connectivity index (χ0v) is 13.5. The average Bonchev–Trinajstić information content (AvgIpc) is 2.99. The summed E-state index contributed by atoms with van der Waals surface area (Å²) in [5.74, 6) is 0. The van der Waals surface area contributed by atoms with E-state index in [1.165, 1.54) is 41.5 Å². The zero-order chi connectivity index (χ0) is 14.1. The van der Waals surface area contributed by atoms with Crippen LogP contribution in [0.5, 0.6) is 0 Å². The molecule has 106 valence electrons. The Morgan fingerprint density at radius 2 is 1.95 bits per heavy atom. The fourth-order valence-electron chi connectivity index (χ4n) is 2.62. The number of rotatable bonds is 2. The van der Waals surface area contributed by atoms with E-state index < -0.39 is 0 Å². The molecule has 0 amide bonds. The van der Waals surface area contributed by atoms with Crippen molar-refractivity contribution < 1.29 is 0 Å². The lowest BCUT2D eigenvalue weighted by Crippen LogP contribution is -2.35. The molecule has 0 spiro atoms. The Hall–Kier alpha value is -1.20. The summed E-state index contributed by atoms with van der Waals surface area (Å²) >= 11 is 7.03. The Kier molecular flexibility index (Phi) is 3.89. The third-order valence-electron chi connectivity index (χ3n) is 3.91. The highest BCUT2D eigenvalue weighted by Crippen LogP contribution is 2.28. The molecule has 1 aliphatic carbocycles. The Labute approximate surface area is 128 Å². The minimum atomic E-state index is 0.536. The molecule has 2 aromatic rings. The predicted octanol–water partition coefficient (Wildman–Crippen LogP) is 4.14. The molecule has 1 aromatic heterocycles. The monoisotopic (exact) mass is 305 g/mol. The molecular weight excluding hydrogens is 286 g/mol. The first kappa shape index (κ1) is 13.8. The number of nitrogens with one attached hydrogen (secondary N) is 2. The van der Waals surface area contributed by atoms with E-state index in [2.05, 4.69) is 41.6 Å². The molecular formula is C15H19N3S2. The van der Waals surface area contributed by atoms with Crippen molar-refractivity contribution in [1.82, 2.24) is 10.3 Å². The van der Waals surface area contributed by atoms with Crippen molar-refractivity contribution in [1.29, 1.82) is 0 Å². The summed E-state index contributed by atoms with van der Waals surface area (Å²) in [4.78, 5) is 4.61. The number of thiocarbonyl (C=S) groups is 1. The lowest BCUT2D eigenvalue weighted by Gasteiger charge is -2.14. The van der Waals surface area contributed by atoms with E-state index in [1.807, 2.05) is 0 Å². The van der Waals surface area contributed by atoms with Gasteiger partial charge in [-0.05, 0) is 62.2 Å². The fourth-order valence-corrected chi connectivity index (χ4v) is 3.90. The smallest absolute Gasteiger partial charge is 0.190 e. The second-order valence-corrected chi connectivity index (χ2v) is 6.94. The van der Waals surface area contributed by atoms with Crippen LogP contribution in [-0.4, -0.2) is 16.1 Å². The maximum Gasteiger partial charge on any atom is 0.190 e. The minimum Gasteiger partial charge on any atom is -0.360 e. The summed E-state index contributed by atoms with van der Waals surface area (Å²) in [6, 6.07) is 4.87. The van der Waals surface area contributed by atoms with Gasteiger partial charge in [0, 0.05) is 6.04 Å². The SMILES string of the molecule is Cc1cc2nc(NC(=S)NC3CCCC3)sc2cc1C. The van der Waals surface area contributed by atoms with Crippen molar-refractivity contribution in [2.45, 2.75) is 45.6 Å². The molecule has 3 rings (SSSR count). The maximum atomic E-state index is 5.37. The molecule has 0 atom stereocenters. The molecule has 0 unspecified atom stereocenters. The topological polar surface area (TPSA) is 37.0 Å². The number of nitrogens with zero attached hydrogens (tertiary/aromatic N) is 1. The zero-order valence-electron chi connectivity index (χ0n) is 11.8. The van der Waals surface area contributed by atoms with Gasteiger partial charge in [-0.3, -0.25) is 0 Å². The largest absolute Gasteiger partial charge is 0.360 e. The van der Waals surface area contributed by atoms with Gasteiger partial charge in [-0.2, -0.15) is 0 Å². The quantitative estimate of drug-likeness (QED) is 0.818. The Morgan fingerprint density at radius 1 is 1.25 bits per heavy atom. The molecule has 3 nitrogen and oxygen atoms in total. The molecule has 2 N–H and O–H groups in total. The number of aryl methyl sites for hydroxylation is 2. The molecule has 5 heteroatoms. The van der Waals surface area contributed by atoms with Crippen LogP contribution in [0, 0.1) is 13.8 Å². The Balaban J connectivity index is 1.72. The standard InChI is InChI=1S/C15H19N3S2/c1-9-7-12-13(8-10(9)2)20-15(17-12)18-14(19)16-11-5-3-4-6-11/h7-8,11H,3-6H2,1-2H3,(H2,16,17,18,19). The molecule has 1 fully saturated rings. The second kappa shape index (κ2) is 5.66. The number of hydrogen-bond acceptors (Lipinski definition) is 3. The third-order valence-corrected chi connectivity index (χ3v) is 5.07. The van der Waals surface area contributed by atoms with Crippen molar-refractivity contribution in [3.63, 3.8) is 0 Å². The molecule has 1 aromatic carbocycles. The lowest BCUT2D eigenvalue weighted by atomic mass is 10.1. The van der Waals surface area contributed by atoms with Crippen LogP contribution >= 0.6 is 23.6 Å². The number of benzene rings is 1. The van der Waals surface area contributed by atoms with Crippen LogP contribution in [0.3, 0.4) is 0 Å². The summed E-state index contributed by atoms with van der Waals surface area (Å²) in [7, 11) is 0. The molecule has 1 heterocycles. The van der Waals surface area contributed by atoms with E-state index in [1.54, 1.807) is 11.3 Å². The van der Waals surface area contributed by atoms with E-state index in [4.69, 9.17) is 12.2 Å². The summed E-state index contributed by atoms with van der Waals surface area (Å²) < 4.78 is 1.21. The lowest BCUT2D eigenvalue weighted by molar-refractivity contribution is 0.634. The van der Waals surface area contributed by atoms with E-state index >= 15 is 0 Å². The average molecular weight is 305 g/mol. The van der Waals surface area contributed by atoms with Gasteiger partial charge in [0.05, 0.1) is 10.2 Å². The van der Waals surface area contributed by atoms with Crippen LogP contribution in [0.4, 0.5) is 5.13 Å². The van der Waals surface area contributed by atoms with E-state index in [0.717, 1.165) is 10.6 Å². The first-order chi connectivity index (χ1) is 9.61. The molecule has 1 saturated carbocycles. The van der Waals surface area contributed by atoms with Crippen LogP contribution in [0.1, 0.15) is 36.8 Å². The normalized spacial score (nSPS) is 15.7. The molecule has 1 aliphatic rings. The molecule has 20 heavy (non-hydrogen) atoms. The van der Waals surface area contributed by atoms with E-state index in [0.29, 0.717) is 11.2 Å². The van der Waals surface area contributed by atoms with Gasteiger partial charge in [0.25, 0.3) is 0 Å². The molecule has 0 bridgehead atoms. The Bertz CT molecular complexity index is 603. The number of fused-ring (bicyclic) bond motifs is 1. The van der Waals surface area contributed by atoms with Crippen LogP contribution < -0.4 is 10.6 Å². The van der Waals surface area contributed by atoms with E-state index in [9.17, 15) is 0 Å². The predicted molar refractivity (Wildman–Crippen MR) is 90.7 cm³/mol. The van der Waals surface area contributed by atoms with E-state index in [-0.39, 0.29) is 0 Å². The number of anilines is 1. The second-order valence-electron chi connectivity index (χ2n) is 5.50. The van der Waals surface area contributed by atoms with Crippen LogP contribution in [0.15, 0.2) is 12.1 Å². The van der Waals surface area contributed by atoms with Crippen molar-refractivity contribution in [2.24, 2.45) is 0 Å². The number of hydrogen-bond donors (Lipinski definition) is 2. The number of thiazole rings is 1. The van der Waals surface area contributed by atoms with Gasteiger partial charge in [-0.15, -0.1) is 0 Å².